The van der Waals surface area contributed by atoms with Crippen molar-refractivity contribution in [2.75, 3.05) is 0 Å². The van der Waals surface area contributed by atoms with Gasteiger partial charge in [-0.3, -0.25) is 5.10 Å². The zero-order valence-corrected chi connectivity index (χ0v) is 13.5. The summed E-state index contributed by atoms with van der Waals surface area (Å²) in [5.74, 6) is 0. The van der Waals surface area contributed by atoms with E-state index in [1.54, 1.807) is 0 Å². The Balaban J connectivity index is 1.91. The summed E-state index contributed by atoms with van der Waals surface area (Å²) in [7, 11) is 2.00. The number of aromatic nitrogens is 4. The third-order valence-corrected chi connectivity index (χ3v) is 4.51. The lowest BCUT2D eigenvalue weighted by Gasteiger charge is -2.06. The van der Waals surface area contributed by atoms with E-state index in [1.807, 2.05) is 48.4 Å². The van der Waals surface area contributed by atoms with Crippen molar-refractivity contribution in [2.45, 2.75) is 0 Å². The van der Waals surface area contributed by atoms with Gasteiger partial charge in [-0.2, -0.15) is 5.10 Å². The number of fused-ring (bicyclic) bond motifs is 1. The topological polar surface area (TPSA) is 46.5 Å². The highest BCUT2D eigenvalue weighted by molar-refractivity contribution is 9.10. The van der Waals surface area contributed by atoms with Crippen LogP contribution in [-0.2, 0) is 7.05 Å². The number of H-pyrrole nitrogens is 1. The molecule has 0 aliphatic heterocycles. The zero-order valence-electron chi connectivity index (χ0n) is 11.9. The van der Waals surface area contributed by atoms with E-state index in [2.05, 4.69) is 49.3 Å². The largest absolute Gasteiger partial charge is 0.334 e. The Bertz CT molecular complexity index is 968. The normalized spacial score (nSPS) is 11.2. The van der Waals surface area contributed by atoms with Crippen molar-refractivity contribution in [1.29, 1.82) is 0 Å². The van der Waals surface area contributed by atoms with Crippen LogP contribution in [0.1, 0.15) is 0 Å². The summed E-state index contributed by atoms with van der Waals surface area (Å²) < 4.78 is 3.07. The molecule has 22 heavy (non-hydrogen) atoms. The maximum atomic E-state index is 4.37. The van der Waals surface area contributed by atoms with Crippen LogP contribution in [-0.4, -0.2) is 19.7 Å². The van der Waals surface area contributed by atoms with Crippen LogP contribution < -0.4 is 0 Å². The van der Waals surface area contributed by atoms with Gasteiger partial charge in [0.15, 0.2) is 0 Å². The molecule has 0 aliphatic rings. The van der Waals surface area contributed by atoms with Crippen LogP contribution in [0.2, 0.25) is 0 Å². The number of hydrogen-bond donors (Lipinski definition) is 1. The first-order chi connectivity index (χ1) is 10.7. The number of rotatable bonds is 2. The van der Waals surface area contributed by atoms with E-state index in [9.17, 15) is 0 Å². The molecule has 2 aromatic heterocycles. The number of nitrogens with zero attached hydrogens (tertiary/aromatic N) is 3. The van der Waals surface area contributed by atoms with E-state index < -0.39 is 0 Å². The molecule has 5 heteroatoms. The number of halogens is 1. The summed E-state index contributed by atoms with van der Waals surface area (Å²) >= 11 is 3.61. The predicted molar refractivity (Wildman–Crippen MR) is 91.4 cm³/mol. The molecule has 0 amide bonds. The van der Waals surface area contributed by atoms with Gasteiger partial charge in [0, 0.05) is 22.6 Å². The Morgan fingerprint density at radius 2 is 1.95 bits per heavy atom. The lowest BCUT2D eigenvalue weighted by atomic mass is 10.0. The van der Waals surface area contributed by atoms with Gasteiger partial charge in [-0.25, -0.2) is 4.98 Å². The van der Waals surface area contributed by atoms with Crippen LogP contribution in [0.25, 0.3) is 33.4 Å². The SMILES string of the molecule is Cn1cnc2ccc(-c3cn[nH]c3-c3ccccc3Br)cc21. The van der Waals surface area contributed by atoms with Gasteiger partial charge < -0.3 is 4.57 Å². The van der Waals surface area contributed by atoms with Crippen molar-refractivity contribution in [3.05, 3.63) is 59.5 Å². The second kappa shape index (κ2) is 5.10. The van der Waals surface area contributed by atoms with Crippen molar-refractivity contribution < 1.29 is 0 Å². The number of aryl methyl sites for hydroxylation is 1. The first-order valence-electron chi connectivity index (χ1n) is 6.94. The lowest BCUT2D eigenvalue weighted by Crippen LogP contribution is -1.87. The van der Waals surface area contributed by atoms with Crippen molar-refractivity contribution >= 4 is 27.0 Å². The number of aromatic amines is 1. The number of benzene rings is 2. The first kappa shape index (κ1) is 13.3. The standard InChI is InChI=1S/C17H13BrN4/c1-22-10-19-15-7-6-11(8-16(15)22)13-9-20-21-17(13)12-4-2-3-5-14(12)18/h2-10H,1H3,(H,20,21). The van der Waals surface area contributed by atoms with Gasteiger partial charge in [0.2, 0.25) is 0 Å². The molecule has 4 nitrogen and oxygen atoms in total. The molecule has 0 unspecified atom stereocenters. The summed E-state index contributed by atoms with van der Waals surface area (Å²) in [6, 6.07) is 14.4. The maximum Gasteiger partial charge on any atom is 0.0955 e. The zero-order chi connectivity index (χ0) is 15.1. The smallest absolute Gasteiger partial charge is 0.0955 e. The highest BCUT2D eigenvalue weighted by Crippen LogP contribution is 2.35. The number of nitrogens with one attached hydrogen (secondary N) is 1. The van der Waals surface area contributed by atoms with Crippen molar-refractivity contribution in [3.8, 4) is 22.4 Å². The van der Waals surface area contributed by atoms with E-state index in [1.165, 1.54) is 0 Å². The summed E-state index contributed by atoms with van der Waals surface area (Å²) in [6.45, 7) is 0. The molecule has 0 saturated carbocycles. The fourth-order valence-electron chi connectivity index (χ4n) is 2.67. The lowest BCUT2D eigenvalue weighted by molar-refractivity contribution is 0.948. The van der Waals surface area contributed by atoms with Crippen molar-refractivity contribution in [2.24, 2.45) is 7.05 Å². The molecule has 0 bridgehead atoms. The van der Waals surface area contributed by atoms with Crippen LogP contribution in [0.3, 0.4) is 0 Å². The molecule has 0 fully saturated rings. The summed E-state index contributed by atoms with van der Waals surface area (Å²) in [5.41, 5.74) is 6.41. The Morgan fingerprint density at radius 1 is 1.09 bits per heavy atom. The second-order valence-corrected chi connectivity index (χ2v) is 6.05. The monoisotopic (exact) mass is 352 g/mol. The van der Waals surface area contributed by atoms with Gasteiger partial charge in [0.05, 0.1) is 29.3 Å². The molecule has 0 atom stereocenters. The summed E-state index contributed by atoms with van der Waals surface area (Å²) in [4.78, 5) is 4.37. The number of imidazole rings is 1. The molecule has 2 heterocycles. The van der Waals surface area contributed by atoms with E-state index in [4.69, 9.17) is 0 Å². The quantitative estimate of drug-likeness (QED) is 0.581. The Labute approximate surface area is 135 Å². The van der Waals surface area contributed by atoms with E-state index in [-0.39, 0.29) is 0 Å². The highest BCUT2D eigenvalue weighted by Gasteiger charge is 2.13. The molecule has 1 N–H and O–H groups in total. The molecule has 0 radical (unpaired) electrons. The Hall–Kier alpha value is -2.40. The van der Waals surface area contributed by atoms with Crippen molar-refractivity contribution in [3.63, 3.8) is 0 Å². The van der Waals surface area contributed by atoms with Gasteiger partial charge in [0.25, 0.3) is 0 Å². The second-order valence-electron chi connectivity index (χ2n) is 5.20. The van der Waals surface area contributed by atoms with Crippen LogP contribution in [0.5, 0.6) is 0 Å². The molecular formula is C17H13BrN4. The van der Waals surface area contributed by atoms with Crippen molar-refractivity contribution in [1.82, 2.24) is 19.7 Å². The van der Waals surface area contributed by atoms with E-state index in [0.717, 1.165) is 37.9 Å². The molecule has 0 saturated heterocycles. The van der Waals surface area contributed by atoms with Gasteiger partial charge >= 0.3 is 0 Å². The third kappa shape index (κ3) is 2.05. The van der Waals surface area contributed by atoms with Gasteiger partial charge in [-0.15, -0.1) is 0 Å². The van der Waals surface area contributed by atoms with E-state index >= 15 is 0 Å². The molecular weight excluding hydrogens is 340 g/mol. The van der Waals surface area contributed by atoms with Crippen LogP contribution in [0, 0.1) is 0 Å². The number of hydrogen-bond acceptors (Lipinski definition) is 2. The van der Waals surface area contributed by atoms with Gasteiger partial charge in [-0.05, 0) is 23.8 Å². The van der Waals surface area contributed by atoms with Gasteiger partial charge in [-0.1, -0.05) is 40.2 Å². The molecule has 4 aromatic rings. The maximum absolute atomic E-state index is 4.37. The summed E-state index contributed by atoms with van der Waals surface area (Å²) in [6.07, 6.45) is 3.70. The average Bonchev–Trinajstić information content (AvgIpc) is 3.15. The first-order valence-corrected chi connectivity index (χ1v) is 7.73. The van der Waals surface area contributed by atoms with Crippen LogP contribution >= 0.6 is 15.9 Å². The third-order valence-electron chi connectivity index (χ3n) is 3.82. The molecule has 0 aliphatic carbocycles. The van der Waals surface area contributed by atoms with Crippen LogP contribution in [0.4, 0.5) is 0 Å². The predicted octanol–water partition coefficient (Wildman–Crippen LogP) is 4.39. The van der Waals surface area contributed by atoms with Gasteiger partial charge in [0.1, 0.15) is 0 Å². The molecule has 2 aromatic carbocycles. The molecule has 4 rings (SSSR count). The minimum atomic E-state index is 0.997. The minimum Gasteiger partial charge on any atom is -0.334 e. The fourth-order valence-corrected chi connectivity index (χ4v) is 3.15. The highest BCUT2D eigenvalue weighted by atomic mass is 79.9. The minimum absolute atomic E-state index is 0.997. The summed E-state index contributed by atoms with van der Waals surface area (Å²) in [5, 5.41) is 7.35. The molecule has 0 spiro atoms. The molecule has 108 valence electrons. The van der Waals surface area contributed by atoms with Crippen LogP contribution in [0.15, 0.2) is 59.5 Å². The Kier molecular flexibility index (Phi) is 3.08. The van der Waals surface area contributed by atoms with E-state index in [0.29, 0.717) is 0 Å². The Morgan fingerprint density at radius 3 is 2.82 bits per heavy atom. The fraction of sp³-hybridized carbons (Fsp3) is 0.0588. The average molecular weight is 353 g/mol.